The molecule has 174 valence electrons. The maximum absolute atomic E-state index is 14.2. The number of fused-ring (bicyclic) bond motifs is 1. The largest absolute Gasteiger partial charge is 0.467 e. The molecule has 1 N–H and O–H groups in total. The Morgan fingerprint density at radius 1 is 1.12 bits per heavy atom. The Balaban J connectivity index is 1.54. The van der Waals surface area contributed by atoms with Gasteiger partial charge in [0, 0.05) is 11.7 Å². The van der Waals surface area contributed by atoms with E-state index >= 15 is 0 Å². The van der Waals surface area contributed by atoms with Crippen LogP contribution in [0.2, 0.25) is 0 Å². The van der Waals surface area contributed by atoms with Crippen LogP contribution in [0.5, 0.6) is 0 Å². The fraction of sp³-hybridized carbons (Fsp3) is 0.280. The number of anilines is 1. The summed E-state index contributed by atoms with van der Waals surface area (Å²) in [6.45, 7) is -0.190. The van der Waals surface area contributed by atoms with Crippen LogP contribution in [0.3, 0.4) is 0 Å². The van der Waals surface area contributed by atoms with Crippen molar-refractivity contribution in [3.8, 4) is 0 Å². The molecule has 0 saturated heterocycles. The Morgan fingerprint density at radius 2 is 1.94 bits per heavy atom. The highest BCUT2D eigenvalue weighted by molar-refractivity contribution is 6.01. The van der Waals surface area contributed by atoms with Crippen LogP contribution in [0.15, 0.2) is 71.3 Å². The first kappa shape index (κ1) is 21.8. The molecule has 9 heteroatoms. The number of amides is 2. The summed E-state index contributed by atoms with van der Waals surface area (Å²) in [7, 11) is 0. The summed E-state index contributed by atoms with van der Waals surface area (Å²) in [6, 6.07) is 15.1. The Bertz CT molecular complexity index is 1300. The molecule has 2 amide bonds. The van der Waals surface area contributed by atoms with Crippen molar-refractivity contribution in [3.05, 3.63) is 78.5 Å². The average molecular weight is 461 g/mol. The van der Waals surface area contributed by atoms with Crippen molar-refractivity contribution in [1.29, 1.82) is 0 Å². The van der Waals surface area contributed by atoms with Gasteiger partial charge in [-0.3, -0.25) is 14.5 Å². The minimum Gasteiger partial charge on any atom is -0.467 e. The molecule has 1 fully saturated rings. The van der Waals surface area contributed by atoms with Crippen LogP contribution < -0.4 is 10.2 Å². The third-order valence-electron chi connectivity index (χ3n) is 6.08. The fourth-order valence-electron chi connectivity index (χ4n) is 4.47. The zero-order chi connectivity index (χ0) is 23.5. The van der Waals surface area contributed by atoms with Crippen LogP contribution in [-0.4, -0.2) is 32.9 Å². The van der Waals surface area contributed by atoms with Crippen molar-refractivity contribution >= 4 is 28.5 Å². The van der Waals surface area contributed by atoms with E-state index in [0.29, 0.717) is 11.0 Å². The van der Waals surface area contributed by atoms with Gasteiger partial charge in [-0.2, -0.15) is 0 Å². The van der Waals surface area contributed by atoms with Crippen molar-refractivity contribution in [2.24, 2.45) is 0 Å². The number of nitrogens with one attached hydrogen (secondary N) is 1. The van der Waals surface area contributed by atoms with Crippen LogP contribution in [0.4, 0.5) is 10.1 Å². The molecule has 0 bridgehead atoms. The summed E-state index contributed by atoms with van der Waals surface area (Å²) in [4.78, 5) is 28.5. The molecule has 2 aromatic heterocycles. The molecule has 1 aliphatic carbocycles. The topological polar surface area (TPSA) is 93.3 Å². The van der Waals surface area contributed by atoms with Crippen LogP contribution in [0, 0.1) is 5.82 Å². The molecule has 1 atom stereocenters. The number of benzene rings is 2. The summed E-state index contributed by atoms with van der Waals surface area (Å²) in [6.07, 6.45) is 5.31. The number of rotatable bonds is 7. The highest BCUT2D eigenvalue weighted by atomic mass is 19.1. The number of hydrogen-bond acceptors (Lipinski definition) is 5. The van der Waals surface area contributed by atoms with Gasteiger partial charge in [0.05, 0.1) is 11.8 Å². The van der Waals surface area contributed by atoms with Crippen molar-refractivity contribution < 1.29 is 18.4 Å². The number of halogens is 1. The number of furan rings is 1. The van der Waals surface area contributed by atoms with Gasteiger partial charge in [-0.25, -0.2) is 9.07 Å². The van der Waals surface area contributed by atoms with E-state index in [9.17, 15) is 14.0 Å². The number of carbonyl (C=O) groups is 2. The van der Waals surface area contributed by atoms with Gasteiger partial charge in [0.25, 0.3) is 5.91 Å². The zero-order valence-corrected chi connectivity index (χ0v) is 18.4. The number of hydrogen-bond donors (Lipinski definition) is 1. The minimum absolute atomic E-state index is 0.0358. The molecule has 0 radical (unpaired) electrons. The van der Waals surface area contributed by atoms with E-state index in [1.54, 1.807) is 24.3 Å². The lowest BCUT2D eigenvalue weighted by molar-refractivity contribution is -0.127. The lowest BCUT2D eigenvalue weighted by Crippen LogP contribution is -2.47. The van der Waals surface area contributed by atoms with Gasteiger partial charge < -0.3 is 9.73 Å². The second-order valence-electron chi connectivity index (χ2n) is 8.39. The Hall–Kier alpha value is -4.01. The van der Waals surface area contributed by atoms with Crippen molar-refractivity contribution in [2.75, 3.05) is 4.90 Å². The van der Waals surface area contributed by atoms with E-state index in [2.05, 4.69) is 15.6 Å². The molecular formula is C25H24FN5O3. The maximum Gasteiger partial charge on any atom is 0.251 e. The van der Waals surface area contributed by atoms with Crippen molar-refractivity contribution in [2.45, 2.75) is 44.3 Å². The Kier molecular flexibility index (Phi) is 6.07. The molecular weight excluding hydrogens is 437 g/mol. The maximum atomic E-state index is 14.2. The van der Waals surface area contributed by atoms with Gasteiger partial charge in [-0.05, 0) is 55.3 Å². The van der Waals surface area contributed by atoms with Crippen LogP contribution >= 0.6 is 0 Å². The normalized spacial score (nSPS) is 14.9. The minimum atomic E-state index is -1.11. The SMILES string of the molecule is O=C(NC1CCCC1)[C@H](c1ccco1)N(C(=O)Cn1nnc2ccccc21)c1cccc(F)c1. The van der Waals surface area contributed by atoms with Crippen LogP contribution in [0.25, 0.3) is 11.0 Å². The molecule has 5 rings (SSSR count). The molecule has 34 heavy (non-hydrogen) atoms. The molecule has 0 spiro atoms. The lowest BCUT2D eigenvalue weighted by Gasteiger charge is -2.30. The first-order valence-electron chi connectivity index (χ1n) is 11.3. The number of para-hydroxylation sites is 1. The summed E-state index contributed by atoms with van der Waals surface area (Å²) < 4.78 is 21.3. The number of carbonyl (C=O) groups excluding carboxylic acids is 2. The van der Waals surface area contributed by atoms with E-state index in [4.69, 9.17) is 4.42 Å². The van der Waals surface area contributed by atoms with E-state index in [1.165, 1.54) is 34.0 Å². The van der Waals surface area contributed by atoms with Gasteiger partial charge in [0.15, 0.2) is 6.04 Å². The summed E-state index contributed by atoms with van der Waals surface area (Å²) in [5.74, 6) is -1.06. The molecule has 8 nitrogen and oxygen atoms in total. The molecule has 2 heterocycles. The fourth-order valence-corrected chi connectivity index (χ4v) is 4.47. The summed E-state index contributed by atoms with van der Waals surface area (Å²) in [5.41, 5.74) is 1.58. The molecule has 0 unspecified atom stereocenters. The molecule has 0 aliphatic heterocycles. The first-order chi connectivity index (χ1) is 16.6. The smallest absolute Gasteiger partial charge is 0.251 e. The second kappa shape index (κ2) is 9.46. The van der Waals surface area contributed by atoms with Gasteiger partial charge in [-0.15, -0.1) is 5.10 Å². The number of aromatic nitrogens is 3. The second-order valence-corrected chi connectivity index (χ2v) is 8.39. The highest BCUT2D eigenvalue weighted by Gasteiger charge is 2.36. The zero-order valence-electron chi connectivity index (χ0n) is 18.4. The standard InChI is InChI=1S/C25H24FN5O3/c26-17-7-5-10-19(15-17)31(23(32)16-30-21-12-4-3-11-20(21)28-29-30)24(22-13-6-14-34-22)25(33)27-18-8-1-2-9-18/h3-7,10-15,18,24H,1-2,8-9,16H2,(H,27,33)/t24-/m0/s1. The lowest BCUT2D eigenvalue weighted by atomic mass is 10.1. The molecule has 1 aliphatic rings. The van der Waals surface area contributed by atoms with Crippen molar-refractivity contribution in [3.63, 3.8) is 0 Å². The Morgan fingerprint density at radius 3 is 2.71 bits per heavy atom. The predicted octanol–water partition coefficient (Wildman–Crippen LogP) is 4.00. The van der Waals surface area contributed by atoms with E-state index in [0.717, 1.165) is 25.7 Å². The Labute approximate surface area is 195 Å². The van der Waals surface area contributed by atoms with Gasteiger partial charge in [-0.1, -0.05) is 36.3 Å². The highest BCUT2D eigenvalue weighted by Crippen LogP contribution is 2.30. The van der Waals surface area contributed by atoms with Crippen LogP contribution in [-0.2, 0) is 16.1 Å². The quantitative estimate of drug-likeness (QED) is 0.449. The third kappa shape index (κ3) is 4.41. The van der Waals surface area contributed by atoms with E-state index in [-0.39, 0.29) is 29.9 Å². The molecule has 4 aromatic rings. The van der Waals surface area contributed by atoms with Gasteiger partial charge in [0.2, 0.25) is 5.91 Å². The predicted molar refractivity (Wildman–Crippen MR) is 123 cm³/mol. The average Bonchev–Trinajstić information content (AvgIpc) is 3.60. The first-order valence-corrected chi connectivity index (χ1v) is 11.3. The molecule has 1 saturated carbocycles. The molecule has 2 aromatic carbocycles. The van der Waals surface area contributed by atoms with Gasteiger partial charge >= 0.3 is 0 Å². The van der Waals surface area contributed by atoms with E-state index in [1.807, 2.05) is 18.2 Å². The van der Waals surface area contributed by atoms with E-state index < -0.39 is 17.8 Å². The summed E-state index contributed by atoms with van der Waals surface area (Å²) >= 11 is 0. The third-order valence-corrected chi connectivity index (χ3v) is 6.08. The summed E-state index contributed by atoms with van der Waals surface area (Å²) in [5, 5.41) is 11.3. The van der Waals surface area contributed by atoms with Crippen molar-refractivity contribution in [1.82, 2.24) is 20.3 Å². The van der Waals surface area contributed by atoms with Crippen LogP contribution in [0.1, 0.15) is 37.5 Å². The number of nitrogens with zero attached hydrogens (tertiary/aromatic N) is 4. The monoisotopic (exact) mass is 461 g/mol. The van der Waals surface area contributed by atoms with Gasteiger partial charge in [0.1, 0.15) is 23.6 Å².